The molecule has 0 saturated heterocycles. The zero-order valence-electron chi connectivity index (χ0n) is 22.9. The summed E-state index contributed by atoms with van der Waals surface area (Å²) in [5.74, 6) is 0.406. The van der Waals surface area contributed by atoms with Gasteiger partial charge < -0.3 is 15.4 Å². The zero-order chi connectivity index (χ0) is 28.7. The summed E-state index contributed by atoms with van der Waals surface area (Å²) in [4.78, 5) is 25.4. The molecule has 208 valence electrons. The number of amides is 2. The molecule has 0 atom stereocenters. The zero-order valence-corrected chi connectivity index (χ0v) is 23.7. The first-order valence-corrected chi connectivity index (χ1v) is 13.9. The van der Waals surface area contributed by atoms with Crippen LogP contribution in [0.2, 0.25) is 0 Å². The molecule has 2 N–H and O–H groups in total. The average Bonchev–Trinajstić information content (AvgIpc) is 3.35. The molecule has 4 rings (SSSR count). The first-order chi connectivity index (χ1) is 19.1. The van der Waals surface area contributed by atoms with Crippen molar-refractivity contribution in [2.75, 3.05) is 17.7 Å². The number of benzene rings is 3. The van der Waals surface area contributed by atoms with Crippen LogP contribution in [0, 0.1) is 5.82 Å². The molecular weight excluding hydrogens is 529 g/mol. The molecule has 0 radical (unpaired) electrons. The SMILES string of the molecule is CCOc1ccc(-n2c(CNC(=O)c3ccc(C(C)(C)C)cc3)nnc2SCC(=O)Nc2ccc(F)cc2)cc1. The quantitative estimate of drug-likeness (QED) is 0.239. The van der Waals surface area contributed by atoms with Crippen molar-refractivity contribution in [2.45, 2.75) is 44.8 Å². The minimum atomic E-state index is -0.377. The Morgan fingerprint density at radius 1 is 0.950 bits per heavy atom. The second-order valence-corrected chi connectivity index (χ2v) is 11.0. The number of thioether (sulfide) groups is 1. The number of anilines is 1. The van der Waals surface area contributed by atoms with Crippen LogP contribution in [-0.2, 0) is 16.8 Å². The lowest BCUT2D eigenvalue weighted by Gasteiger charge is -2.19. The smallest absolute Gasteiger partial charge is 0.251 e. The van der Waals surface area contributed by atoms with Crippen LogP contribution in [0.15, 0.2) is 78.0 Å². The Morgan fingerprint density at radius 2 is 1.62 bits per heavy atom. The van der Waals surface area contributed by atoms with E-state index in [4.69, 9.17) is 4.74 Å². The molecule has 10 heteroatoms. The minimum absolute atomic E-state index is 0.00682. The second kappa shape index (κ2) is 12.8. The number of carbonyl (C=O) groups excluding carboxylic acids is 2. The van der Waals surface area contributed by atoms with Crippen molar-refractivity contribution in [3.8, 4) is 11.4 Å². The Balaban J connectivity index is 1.50. The lowest BCUT2D eigenvalue weighted by Crippen LogP contribution is -2.25. The Morgan fingerprint density at radius 3 is 2.25 bits per heavy atom. The average molecular weight is 562 g/mol. The van der Waals surface area contributed by atoms with Crippen LogP contribution in [0.25, 0.3) is 5.69 Å². The van der Waals surface area contributed by atoms with E-state index in [9.17, 15) is 14.0 Å². The molecule has 0 fully saturated rings. The Bertz CT molecular complexity index is 1450. The van der Waals surface area contributed by atoms with Gasteiger partial charge in [-0.25, -0.2) is 4.39 Å². The van der Waals surface area contributed by atoms with E-state index in [1.807, 2.05) is 55.5 Å². The molecule has 3 aromatic carbocycles. The molecule has 0 spiro atoms. The Hall–Kier alpha value is -4.18. The Kier molecular flexibility index (Phi) is 9.21. The maximum Gasteiger partial charge on any atom is 0.251 e. The van der Waals surface area contributed by atoms with E-state index < -0.39 is 0 Å². The van der Waals surface area contributed by atoms with E-state index in [-0.39, 0.29) is 35.3 Å². The third-order valence-corrected chi connectivity index (χ3v) is 6.92. The first kappa shape index (κ1) is 28.8. The van der Waals surface area contributed by atoms with E-state index in [0.717, 1.165) is 17.0 Å². The molecule has 0 unspecified atom stereocenters. The van der Waals surface area contributed by atoms with Crippen LogP contribution in [-0.4, -0.2) is 38.9 Å². The normalized spacial score (nSPS) is 11.2. The van der Waals surface area contributed by atoms with Gasteiger partial charge in [-0.1, -0.05) is 44.7 Å². The summed E-state index contributed by atoms with van der Waals surface area (Å²) in [5, 5.41) is 14.8. The molecule has 0 saturated carbocycles. The van der Waals surface area contributed by atoms with E-state index in [0.29, 0.717) is 28.8 Å². The standard InChI is InChI=1S/C30H32FN5O3S/c1-5-39-25-16-14-24(15-17-25)36-26(18-32-28(38)20-6-8-21(9-7-20)30(2,3)4)34-35-29(36)40-19-27(37)33-23-12-10-22(31)11-13-23/h6-17H,5,18-19H2,1-4H3,(H,32,38)(H,33,37). The number of rotatable bonds is 10. The van der Waals surface area contributed by atoms with Crippen molar-refractivity contribution < 1.29 is 18.7 Å². The summed E-state index contributed by atoms with van der Waals surface area (Å²) in [6, 6.07) is 20.5. The van der Waals surface area contributed by atoms with Crippen molar-refractivity contribution in [1.82, 2.24) is 20.1 Å². The van der Waals surface area contributed by atoms with E-state index in [1.54, 1.807) is 4.57 Å². The van der Waals surface area contributed by atoms with Crippen LogP contribution in [0.1, 0.15) is 49.4 Å². The predicted molar refractivity (Wildman–Crippen MR) is 155 cm³/mol. The lowest BCUT2D eigenvalue weighted by molar-refractivity contribution is -0.113. The lowest BCUT2D eigenvalue weighted by atomic mass is 9.87. The minimum Gasteiger partial charge on any atom is -0.494 e. The van der Waals surface area contributed by atoms with Gasteiger partial charge >= 0.3 is 0 Å². The third-order valence-electron chi connectivity index (χ3n) is 5.99. The van der Waals surface area contributed by atoms with Gasteiger partial charge in [-0.3, -0.25) is 14.2 Å². The van der Waals surface area contributed by atoms with Gasteiger partial charge in [0.2, 0.25) is 5.91 Å². The molecule has 0 aliphatic heterocycles. The summed E-state index contributed by atoms with van der Waals surface area (Å²) < 4.78 is 20.5. The highest BCUT2D eigenvalue weighted by Crippen LogP contribution is 2.25. The monoisotopic (exact) mass is 561 g/mol. The third kappa shape index (κ3) is 7.47. The first-order valence-electron chi connectivity index (χ1n) is 12.9. The molecule has 0 bridgehead atoms. The Labute approximate surface area is 237 Å². The van der Waals surface area contributed by atoms with Crippen LogP contribution in [0.4, 0.5) is 10.1 Å². The summed E-state index contributed by atoms with van der Waals surface area (Å²) in [7, 11) is 0. The topological polar surface area (TPSA) is 98.1 Å². The van der Waals surface area contributed by atoms with Crippen molar-refractivity contribution in [3.63, 3.8) is 0 Å². The van der Waals surface area contributed by atoms with E-state index >= 15 is 0 Å². The summed E-state index contributed by atoms with van der Waals surface area (Å²) >= 11 is 1.20. The summed E-state index contributed by atoms with van der Waals surface area (Å²) in [5.41, 5.74) is 2.94. The molecule has 1 aromatic heterocycles. The fourth-order valence-corrected chi connectivity index (χ4v) is 4.64. The van der Waals surface area contributed by atoms with Crippen molar-refractivity contribution in [2.24, 2.45) is 0 Å². The number of nitrogens with one attached hydrogen (secondary N) is 2. The maximum absolute atomic E-state index is 13.2. The van der Waals surface area contributed by atoms with Gasteiger partial charge in [0.25, 0.3) is 5.91 Å². The highest BCUT2D eigenvalue weighted by Gasteiger charge is 2.18. The highest BCUT2D eigenvalue weighted by atomic mass is 32.2. The van der Waals surface area contributed by atoms with Crippen LogP contribution in [0.3, 0.4) is 0 Å². The highest BCUT2D eigenvalue weighted by molar-refractivity contribution is 7.99. The summed E-state index contributed by atoms with van der Waals surface area (Å²) in [6.45, 7) is 8.96. The molecule has 8 nitrogen and oxygen atoms in total. The number of ether oxygens (including phenoxy) is 1. The molecule has 0 aliphatic rings. The molecule has 0 aliphatic carbocycles. The fourth-order valence-electron chi connectivity index (χ4n) is 3.87. The maximum atomic E-state index is 13.2. The van der Waals surface area contributed by atoms with Gasteiger partial charge in [-0.2, -0.15) is 0 Å². The number of hydrogen-bond donors (Lipinski definition) is 2. The van der Waals surface area contributed by atoms with E-state index in [2.05, 4.69) is 41.6 Å². The van der Waals surface area contributed by atoms with Crippen LogP contribution in [0.5, 0.6) is 5.75 Å². The van der Waals surface area contributed by atoms with E-state index in [1.165, 1.54) is 36.0 Å². The van der Waals surface area contributed by atoms with Crippen molar-refractivity contribution in [3.05, 3.63) is 95.6 Å². The van der Waals surface area contributed by atoms with Gasteiger partial charge in [-0.05, 0) is 78.6 Å². The predicted octanol–water partition coefficient (Wildman–Crippen LogP) is 5.76. The number of halogens is 1. The number of aromatic nitrogens is 3. The number of nitrogens with zero attached hydrogens (tertiary/aromatic N) is 3. The van der Waals surface area contributed by atoms with Gasteiger partial charge in [0, 0.05) is 16.9 Å². The second-order valence-electron chi connectivity index (χ2n) is 10.0. The van der Waals surface area contributed by atoms with Gasteiger partial charge in [0.1, 0.15) is 11.6 Å². The fraction of sp³-hybridized carbons (Fsp3) is 0.267. The number of hydrogen-bond acceptors (Lipinski definition) is 6. The van der Waals surface area contributed by atoms with Gasteiger partial charge in [-0.15, -0.1) is 10.2 Å². The molecule has 40 heavy (non-hydrogen) atoms. The van der Waals surface area contributed by atoms with Gasteiger partial charge in [0.15, 0.2) is 11.0 Å². The van der Waals surface area contributed by atoms with Crippen LogP contribution < -0.4 is 15.4 Å². The number of carbonyl (C=O) groups is 2. The van der Waals surface area contributed by atoms with Gasteiger partial charge in [0.05, 0.1) is 18.9 Å². The summed E-state index contributed by atoms with van der Waals surface area (Å²) in [6.07, 6.45) is 0. The molecule has 2 amide bonds. The molecule has 4 aromatic rings. The largest absolute Gasteiger partial charge is 0.494 e. The molecular formula is C30H32FN5O3S. The van der Waals surface area contributed by atoms with Crippen molar-refractivity contribution >= 4 is 29.3 Å². The van der Waals surface area contributed by atoms with Crippen LogP contribution >= 0.6 is 11.8 Å². The molecule has 1 heterocycles. The van der Waals surface area contributed by atoms with Crippen molar-refractivity contribution in [1.29, 1.82) is 0 Å².